The summed E-state index contributed by atoms with van der Waals surface area (Å²) in [5, 5.41) is 13.0. The molecule has 1 saturated heterocycles. The van der Waals surface area contributed by atoms with Crippen LogP contribution in [0.1, 0.15) is 69.0 Å². The van der Waals surface area contributed by atoms with Crippen LogP contribution in [0, 0.1) is 0 Å². The number of hydrogen-bond donors (Lipinski definition) is 0. The van der Waals surface area contributed by atoms with Crippen molar-refractivity contribution in [2.24, 2.45) is 0 Å². The number of rotatable bonds is 6. The number of tetrazole rings is 1. The number of amides is 1. The van der Waals surface area contributed by atoms with E-state index in [4.69, 9.17) is 4.74 Å². The smallest absolute Gasteiger partial charge is 0.233 e. The van der Waals surface area contributed by atoms with Crippen molar-refractivity contribution < 1.29 is 9.53 Å². The van der Waals surface area contributed by atoms with E-state index in [9.17, 15) is 4.79 Å². The fraction of sp³-hybridized carbons (Fsp3) is 0.619. The van der Waals surface area contributed by atoms with Crippen LogP contribution in [0.5, 0.6) is 5.75 Å². The molecule has 1 amide bonds. The quantitative estimate of drug-likeness (QED) is 0.663. The number of ether oxygens (including phenoxy) is 1. The number of nitrogens with zero attached hydrogens (tertiary/aromatic N) is 5. The van der Waals surface area contributed by atoms with Crippen LogP contribution in [-0.2, 0) is 4.79 Å². The van der Waals surface area contributed by atoms with Gasteiger partial charge in [0.2, 0.25) is 11.1 Å². The van der Waals surface area contributed by atoms with Gasteiger partial charge in [-0.15, -0.1) is 5.10 Å². The molecule has 1 aliphatic carbocycles. The molecular formula is C21H29N5O2S. The first-order valence-corrected chi connectivity index (χ1v) is 11.6. The number of carbonyl (C=O) groups is 1. The Morgan fingerprint density at radius 3 is 2.62 bits per heavy atom. The predicted octanol–water partition coefficient (Wildman–Crippen LogP) is 4.03. The summed E-state index contributed by atoms with van der Waals surface area (Å²) in [6.07, 6.45) is 9.08. The van der Waals surface area contributed by atoms with Crippen molar-refractivity contribution in [1.82, 2.24) is 25.1 Å². The fourth-order valence-electron chi connectivity index (χ4n) is 4.45. The maximum atomic E-state index is 13.2. The van der Waals surface area contributed by atoms with E-state index >= 15 is 0 Å². The van der Waals surface area contributed by atoms with Crippen LogP contribution < -0.4 is 4.74 Å². The van der Waals surface area contributed by atoms with Crippen LogP contribution in [-0.4, -0.2) is 50.4 Å². The number of aromatic nitrogens is 4. The van der Waals surface area contributed by atoms with Gasteiger partial charge >= 0.3 is 0 Å². The molecule has 2 aliphatic rings. The molecule has 1 aromatic heterocycles. The van der Waals surface area contributed by atoms with E-state index < -0.39 is 0 Å². The number of hydrogen-bond acceptors (Lipinski definition) is 6. The zero-order valence-corrected chi connectivity index (χ0v) is 17.8. The number of carbonyl (C=O) groups excluding carboxylic acids is 1. The number of benzene rings is 1. The highest BCUT2D eigenvalue weighted by atomic mass is 32.2. The van der Waals surface area contributed by atoms with Crippen LogP contribution in [0.15, 0.2) is 29.4 Å². The molecular weight excluding hydrogens is 386 g/mol. The molecule has 8 heteroatoms. The van der Waals surface area contributed by atoms with Crippen molar-refractivity contribution in [2.45, 2.75) is 68.6 Å². The Kier molecular flexibility index (Phi) is 6.69. The lowest BCUT2D eigenvalue weighted by molar-refractivity contribution is -0.130. The van der Waals surface area contributed by atoms with Gasteiger partial charge < -0.3 is 9.64 Å². The molecule has 1 unspecified atom stereocenters. The minimum atomic E-state index is 0.127. The third kappa shape index (κ3) is 4.74. The third-order valence-corrected chi connectivity index (χ3v) is 6.95. The first-order valence-electron chi connectivity index (χ1n) is 10.6. The number of likely N-dealkylation sites (tertiary alicyclic amines) is 1. The molecule has 2 heterocycles. The van der Waals surface area contributed by atoms with Crippen LogP contribution >= 0.6 is 11.8 Å². The molecule has 0 N–H and O–H groups in total. The zero-order chi connectivity index (χ0) is 20.1. The Morgan fingerprint density at radius 2 is 1.86 bits per heavy atom. The van der Waals surface area contributed by atoms with Crippen molar-refractivity contribution >= 4 is 17.7 Å². The van der Waals surface area contributed by atoms with E-state index in [2.05, 4.69) is 32.6 Å². The maximum Gasteiger partial charge on any atom is 0.233 e. The highest BCUT2D eigenvalue weighted by Crippen LogP contribution is 2.34. The summed E-state index contributed by atoms with van der Waals surface area (Å²) in [4.78, 5) is 15.2. The van der Waals surface area contributed by atoms with Gasteiger partial charge in [-0.05, 0) is 53.8 Å². The molecule has 2 fully saturated rings. The molecule has 2 aromatic rings. The fourth-order valence-corrected chi connectivity index (χ4v) is 5.28. The average Bonchev–Trinajstić information content (AvgIpc) is 3.39. The summed E-state index contributed by atoms with van der Waals surface area (Å²) in [6, 6.07) is 8.64. The molecule has 156 valence electrons. The standard InChI is InChI=1S/C21H29N5O2S/c1-28-18-12-10-16(11-13-18)19-9-3-2-6-14-25(19)20(27)15-29-21-22-23-24-26(21)17-7-4-5-8-17/h10-13,17,19H,2-9,14-15H2,1H3. The van der Waals surface area contributed by atoms with Crippen LogP contribution in [0.25, 0.3) is 0 Å². The maximum absolute atomic E-state index is 13.2. The van der Waals surface area contributed by atoms with Gasteiger partial charge in [-0.3, -0.25) is 4.79 Å². The van der Waals surface area contributed by atoms with Crippen molar-refractivity contribution in [3.05, 3.63) is 29.8 Å². The Morgan fingerprint density at radius 1 is 1.10 bits per heavy atom. The SMILES string of the molecule is COc1ccc(C2CCCCCN2C(=O)CSc2nnnn2C2CCCC2)cc1. The minimum absolute atomic E-state index is 0.127. The first-order chi connectivity index (χ1) is 14.3. The lowest BCUT2D eigenvalue weighted by Gasteiger charge is -2.30. The molecule has 1 aliphatic heterocycles. The van der Waals surface area contributed by atoms with E-state index in [1.807, 2.05) is 16.8 Å². The van der Waals surface area contributed by atoms with E-state index in [0.29, 0.717) is 11.8 Å². The number of thioether (sulfide) groups is 1. The summed E-state index contributed by atoms with van der Waals surface area (Å²) >= 11 is 1.47. The topological polar surface area (TPSA) is 73.1 Å². The molecule has 29 heavy (non-hydrogen) atoms. The molecule has 0 bridgehead atoms. The largest absolute Gasteiger partial charge is 0.497 e. The van der Waals surface area contributed by atoms with Gasteiger partial charge in [0.05, 0.1) is 24.9 Å². The molecule has 1 aromatic carbocycles. The van der Waals surface area contributed by atoms with Crippen molar-refractivity contribution in [2.75, 3.05) is 19.4 Å². The van der Waals surface area contributed by atoms with Gasteiger partial charge in [0.25, 0.3) is 0 Å². The van der Waals surface area contributed by atoms with E-state index in [1.165, 1.54) is 36.6 Å². The Hall–Kier alpha value is -2.09. The molecule has 7 nitrogen and oxygen atoms in total. The monoisotopic (exact) mass is 415 g/mol. The summed E-state index contributed by atoms with van der Waals surface area (Å²) < 4.78 is 7.21. The van der Waals surface area contributed by atoms with Crippen LogP contribution in [0.4, 0.5) is 0 Å². The Balaban J connectivity index is 1.44. The van der Waals surface area contributed by atoms with Crippen LogP contribution in [0.3, 0.4) is 0 Å². The highest BCUT2D eigenvalue weighted by Gasteiger charge is 2.28. The predicted molar refractivity (Wildman–Crippen MR) is 112 cm³/mol. The Bertz CT molecular complexity index is 804. The number of methoxy groups -OCH3 is 1. The lowest BCUT2D eigenvalue weighted by atomic mass is 10.0. The second-order valence-electron chi connectivity index (χ2n) is 7.86. The normalized spacial score (nSPS) is 20.6. The third-order valence-electron chi connectivity index (χ3n) is 6.03. The van der Waals surface area contributed by atoms with Gasteiger partial charge in [0, 0.05) is 6.54 Å². The van der Waals surface area contributed by atoms with E-state index in [-0.39, 0.29) is 11.9 Å². The first kappa shape index (κ1) is 20.2. The highest BCUT2D eigenvalue weighted by molar-refractivity contribution is 7.99. The molecule has 1 atom stereocenters. The zero-order valence-electron chi connectivity index (χ0n) is 17.0. The molecule has 1 saturated carbocycles. The summed E-state index contributed by atoms with van der Waals surface area (Å²) in [5.74, 6) is 1.38. The van der Waals surface area contributed by atoms with E-state index in [1.54, 1.807) is 7.11 Å². The minimum Gasteiger partial charge on any atom is -0.497 e. The van der Waals surface area contributed by atoms with Crippen molar-refractivity contribution in [1.29, 1.82) is 0 Å². The summed E-state index contributed by atoms with van der Waals surface area (Å²) in [7, 11) is 1.67. The van der Waals surface area contributed by atoms with Gasteiger partial charge in [0.1, 0.15) is 5.75 Å². The van der Waals surface area contributed by atoms with Gasteiger partial charge in [-0.1, -0.05) is 49.6 Å². The summed E-state index contributed by atoms with van der Waals surface area (Å²) in [6.45, 7) is 0.809. The molecule has 0 radical (unpaired) electrons. The average molecular weight is 416 g/mol. The second kappa shape index (κ2) is 9.61. The van der Waals surface area contributed by atoms with Gasteiger partial charge in [-0.25, -0.2) is 4.68 Å². The van der Waals surface area contributed by atoms with E-state index in [0.717, 1.165) is 49.6 Å². The second-order valence-corrected chi connectivity index (χ2v) is 8.80. The molecule has 4 rings (SSSR count). The Labute approximate surface area is 176 Å². The summed E-state index contributed by atoms with van der Waals surface area (Å²) in [5.41, 5.74) is 1.18. The van der Waals surface area contributed by atoms with Crippen molar-refractivity contribution in [3.8, 4) is 5.75 Å². The lowest BCUT2D eigenvalue weighted by Crippen LogP contribution is -2.36. The van der Waals surface area contributed by atoms with Crippen molar-refractivity contribution in [3.63, 3.8) is 0 Å². The van der Waals surface area contributed by atoms with Gasteiger partial charge in [0.15, 0.2) is 0 Å². The van der Waals surface area contributed by atoms with Crippen LogP contribution in [0.2, 0.25) is 0 Å². The van der Waals surface area contributed by atoms with Gasteiger partial charge in [-0.2, -0.15) is 0 Å². The molecule has 0 spiro atoms.